The number of amides is 1. The number of carbonyl (C=O) groups is 1. The molecule has 1 aromatic carbocycles. The number of fused-ring (bicyclic) bond motifs is 1. The van der Waals surface area contributed by atoms with E-state index in [-0.39, 0.29) is 23.5 Å². The molecule has 23 heavy (non-hydrogen) atoms. The number of nitrogens with zero attached hydrogens (tertiary/aromatic N) is 1. The van der Waals surface area contributed by atoms with E-state index in [0.29, 0.717) is 12.1 Å². The summed E-state index contributed by atoms with van der Waals surface area (Å²) in [5.74, 6) is -0.537. The van der Waals surface area contributed by atoms with Gasteiger partial charge < -0.3 is 9.47 Å². The van der Waals surface area contributed by atoms with Crippen LogP contribution in [0.2, 0.25) is 0 Å². The molecule has 2 fully saturated rings. The zero-order chi connectivity index (χ0) is 16.8. The third-order valence-corrected chi connectivity index (χ3v) is 4.32. The van der Waals surface area contributed by atoms with Crippen molar-refractivity contribution < 1.29 is 27.4 Å². The Morgan fingerprint density at radius 2 is 1.87 bits per heavy atom. The molecular weight excluding hydrogens is 311 g/mol. The van der Waals surface area contributed by atoms with Crippen molar-refractivity contribution in [3.8, 4) is 5.75 Å². The van der Waals surface area contributed by atoms with Gasteiger partial charge in [-0.05, 0) is 37.1 Å². The van der Waals surface area contributed by atoms with Gasteiger partial charge in [0.25, 0.3) is 0 Å². The molecule has 1 aromatic rings. The van der Waals surface area contributed by atoms with Gasteiger partial charge in [0.15, 0.2) is 0 Å². The predicted molar refractivity (Wildman–Crippen MR) is 76.8 cm³/mol. The summed E-state index contributed by atoms with van der Waals surface area (Å²) < 4.78 is 45.9. The van der Waals surface area contributed by atoms with Gasteiger partial charge in [0, 0.05) is 24.6 Å². The number of allylic oxidation sites excluding steroid dienone is 1. The zero-order valence-electron chi connectivity index (χ0n) is 12.5. The summed E-state index contributed by atoms with van der Waals surface area (Å²) in [5, 5.41) is 0. The summed E-state index contributed by atoms with van der Waals surface area (Å²) in [5.41, 5.74) is 1.53. The van der Waals surface area contributed by atoms with E-state index in [9.17, 15) is 18.0 Å². The Morgan fingerprint density at radius 3 is 2.43 bits per heavy atom. The second-order valence-electron chi connectivity index (χ2n) is 5.80. The highest BCUT2D eigenvalue weighted by Crippen LogP contribution is 2.47. The van der Waals surface area contributed by atoms with Crippen molar-refractivity contribution >= 4 is 11.6 Å². The molecular formula is C16H16F3NO3. The highest BCUT2D eigenvalue weighted by Gasteiger charge is 2.52. The van der Waals surface area contributed by atoms with E-state index in [1.165, 1.54) is 36.3 Å². The van der Waals surface area contributed by atoms with E-state index >= 15 is 0 Å². The van der Waals surface area contributed by atoms with Crippen LogP contribution in [-0.2, 0) is 9.53 Å². The molecule has 3 rings (SSSR count). The van der Waals surface area contributed by atoms with Gasteiger partial charge in [0.2, 0.25) is 5.91 Å². The summed E-state index contributed by atoms with van der Waals surface area (Å²) in [6.07, 6.45) is -3.81. The number of hydrogen-bond donors (Lipinski definition) is 0. The normalized spacial score (nSPS) is 27.5. The summed E-state index contributed by atoms with van der Waals surface area (Å²) >= 11 is 0. The van der Waals surface area contributed by atoms with Crippen LogP contribution in [0, 0.1) is 11.8 Å². The van der Waals surface area contributed by atoms with Crippen molar-refractivity contribution in [3.05, 3.63) is 36.4 Å². The van der Waals surface area contributed by atoms with Gasteiger partial charge in [-0.1, -0.05) is 12.2 Å². The molecule has 1 heterocycles. The maximum Gasteiger partial charge on any atom is 0.573 e. The minimum atomic E-state index is -4.74. The van der Waals surface area contributed by atoms with E-state index in [4.69, 9.17) is 4.74 Å². The van der Waals surface area contributed by atoms with Crippen molar-refractivity contribution in [2.45, 2.75) is 25.4 Å². The van der Waals surface area contributed by atoms with Gasteiger partial charge in [-0.25, -0.2) is 0 Å². The van der Waals surface area contributed by atoms with E-state index in [1.54, 1.807) is 0 Å². The third-order valence-electron chi connectivity index (χ3n) is 4.32. The van der Waals surface area contributed by atoms with E-state index in [1.807, 2.05) is 0 Å². The second kappa shape index (κ2) is 5.56. The first kappa shape index (κ1) is 15.9. The topological polar surface area (TPSA) is 38.8 Å². The molecule has 0 bridgehead atoms. The summed E-state index contributed by atoms with van der Waals surface area (Å²) in [6.45, 7) is 3.93. The Hall–Kier alpha value is -2.02. The number of methoxy groups -OCH3 is 1. The van der Waals surface area contributed by atoms with Crippen LogP contribution in [0.4, 0.5) is 18.9 Å². The fraction of sp³-hybridized carbons (Fsp3) is 0.438. The molecule has 4 nitrogen and oxygen atoms in total. The average molecular weight is 327 g/mol. The van der Waals surface area contributed by atoms with E-state index < -0.39 is 12.6 Å². The smallest absolute Gasteiger partial charge is 0.406 e. The minimum absolute atomic E-state index is 0.0334. The lowest BCUT2D eigenvalue weighted by Gasteiger charge is -2.27. The Balaban J connectivity index is 1.83. The second-order valence-corrected chi connectivity index (χ2v) is 5.80. The molecule has 1 amide bonds. The van der Waals surface area contributed by atoms with E-state index in [0.717, 1.165) is 12.0 Å². The fourth-order valence-electron chi connectivity index (χ4n) is 3.45. The van der Waals surface area contributed by atoms with Gasteiger partial charge in [-0.3, -0.25) is 9.69 Å². The molecule has 1 saturated heterocycles. The number of alkyl halides is 3. The molecule has 7 heteroatoms. The summed E-state index contributed by atoms with van der Waals surface area (Å²) in [4.78, 5) is 14.1. The van der Waals surface area contributed by atoms with Crippen LogP contribution in [0.5, 0.6) is 5.75 Å². The van der Waals surface area contributed by atoms with Crippen LogP contribution in [0.25, 0.3) is 0 Å². The molecule has 1 saturated carbocycles. The number of anilines is 1. The third kappa shape index (κ3) is 2.93. The number of carbonyl (C=O) groups excluding carboxylic acids is 1. The number of rotatable bonds is 3. The standard InChI is InChI=1S/C16H16F3NO3/c1-9-7-12-13(8-9)15(22-2)20(14(12)21)10-3-5-11(6-4-10)23-16(17,18)19/h3-6,12-13,15H,1,7-8H2,2H3. The van der Waals surface area contributed by atoms with Gasteiger partial charge in [-0.15, -0.1) is 13.2 Å². The SMILES string of the molecule is C=C1CC2C(=O)N(c3ccc(OC(F)(F)F)cc3)C(OC)C2C1. The minimum Gasteiger partial charge on any atom is -0.406 e. The highest BCUT2D eigenvalue weighted by atomic mass is 19.4. The van der Waals surface area contributed by atoms with E-state index in [2.05, 4.69) is 11.3 Å². The molecule has 3 unspecified atom stereocenters. The lowest BCUT2D eigenvalue weighted by atomic mass is 9.99. The van der Waals surface area contributed by atoms with Crippen molar-refractivity contribution in [1.29, 1.82) is 0 Å². The molecule has 124 valence electrons. The summed E-state index contributed by atoms with van der Waals surface area (Å²) in [7, 11) is 1.52. The number of hydrogen-bond acceptors (Lipinski definition) is 3. The molecule has 1 aliphatic carbocycles. The van der Waals surface area contributed by atoms with Gasteiger partial charge in [-0.2, -0.15) is 0 Å². The molecule has 0 aromatic heterocycles. The first-order valence-electron chi connectivity index (χ1n) is 7.18. The number of benzene rings is 1. The highest BCUT2D eigenvalue weighted by molar-refractivity contribution is 5.98. The molecule has 1 aliphatic heterocycles. The largest absolute Gasteiger partial charge is 0.573 e. The van der Waals surface area contributed by atoms with Crippen LogP contribution >= 0.6 is 0 Å². The van der Waals surface area contributed by atoms with Crippen molar-refractivity contribution in [3.63, 3.8) is 0 Å². The van der Waals surface area contributed by atoms with Crippen LogP contribution < -0.4 is 9.64 Å². The maximum absolute atomic E-state index is 12.6. The van der Waals surface area contributed by atoms with Crippen molar-refractivity contribution in [1.82, 2.24) is 0 Å². The Labute approximate surface area is 131 Å². The number of ether oxygens (including phenoxy) is 2. The van der Waals surface area contributed by atoms with Crippen LogP contribution in [-0.4, -0.2) is 25.6 Å². The molecule has 3 atom stereocenters. The lowest BCUT2D eigenvalue weighted by molar-refractivity contribution is -0.274. The molecule has 0 spiro atoms. The lowest BCUT2D eigenvalue weighted by Crippen LogP contribution is -2.37. The maximum atomic E-state index is 12.6. The quantitative estimate of drug-likeness (QED) is 0.798. The first-order valence-corrected chi connectivity index (χ1v) is 7.18. The van der Waals surface area contributed by atoms with Gasteiger partial charge >= 0.3 is 6.36 Å². The average Bonchev–Trinajstić information content (AvgIpc) is 2.95. The summed E-state index contributed by atoms with van der Waals surface area (Å²) in [6, 6.07) is 5.24. The Morgan fingerprint density at radius 1 is 1.22 bits per heavy atom. The fourth-order valence-corrected chi connectivity index (χ4v) is 3.45. The molecule has 0 N–H and O–H groups in total. The van der Waals surface area contributed by atoms with Crippen LogP contribution in [0.1, 0.15) is 12.8 Å². The molecule has 0 radical (unpaired) electrons. The Kier molecular flexibility index (Phi) is 3.83. The molecule has 2 aliphatic rings. The van der Waals surface area contributed by atoms with Gasteiger partial charge in [0.05, 0.1) is 0 Å². The zero-order valence-corrected chi connectivity index (χ0v) is 12.5. The monoisotopic (exact) mass is 327 g/mol. The van der Waals surface area contributed by atoms with Crippen LogP contribution in [0.15, 0.2) is 36.4 Å². The van der Waals surface area contributed by atoms with Crippen LogP contribution in [0.3, 0.4) is 0 Å². The van der Waals surface area contributed by atoms with Gasteiger partial charge in [0.1, 0.15) is 12.0 Å². The van der Waals surface area contributed by atoms with Crippen molar-refractivity contribution in [2.75, 3.05) is 12.0 Å². The predicted octanol–water partition coefficient (Wildman–Crippen LogP) is 3.49. The number of halogens is 3. The van der Waals surface area contributed by atoms with Crippen molar-refractivity contribution in [2.24, 2.45) is 11.8 Å². The Bertz CT molecular complexity index is 626. The first-order chi connectivity index (χ1) is 10.8.